The lowest BCUT2D eigenvalue weighted by molar-refractivity contribution is 0.185. The molecular formula is C10H13ClO. The Morgan fingerprint density at radius 1 is 1.33 bits per heavy atom. The molecule has 0 aliphatic heterocycles. The van der Waals surface area contributed by atoms with Gasteiger partial charge in [-0.3, -0.25) is 0 Å². The van der Waals surface area contributed by atoms with Gasteiger partial charge in [0.05, 0.1) is 6.61 Å². The van der Waals surface area contributed by atoms with Crippen LogP contribution in [0.4, 0.5) is 0 Å². The summed E-state index contributed by atoms with van der Waals surface area (Å²) in [6.45, 7) is 0.677. The Morgan fingerprint density at radius 3 is 2.75 bits per heavy atom. The molecule has 0 spiro atoms. The zero-order chi connectivity index (χ0) is 8.81. The number of hydrogen-bond acceptors (Lipinski definition) is 1. The van der Waals surface area contributed by atoms with Crippen LogP contribution in [-0.4, -0.2) is 13.0 Å². The van der Waals surface area contributed by atoms with Crippen molar-refractivity contribution in [2.24, 2.45) is 0 Å². The Hall–Kier alpha value is -0.530. The largest absolute Gasteiger partial charge is 0.380 e. The van der Waals surface area contributed by atoms with Crippen LogP contribution in [0.2, 0.25) is 0 Å². The van der Waals surface area contributed by atoms with Crippen LogP contribution in [0.25, 0.3) is 0 Å². The molecule has 2 heteroatoms. The highest BCUT2D eigenvalue weighted by Gasteiger charge is 1.94. The molecule has 0 bridgehead atoms. The lowest BCUT2D eigenvalue weighted by Gasteiger charge is -2.02. The van der Waals surface area contributed by atoms with Crippen molar-refractivity contribution in [1.82, 2.24) is 0 Å². The smallest absolute Gasteiger partial charge is 0.0713 e. The topological polar surface area (TPSA) is 9.23 Å². The van der Waals surface area contributed by atoms with E-state index in [1.807, 2.05) is 6.07 Å². The normalized spacial score (nSPS) is 10.2. The Kier molecular flexibility index (Phi) is 4.12. The number of ether oxygens (including phenoxy) is 1. The van der Waals surface area contributed by atoms with E-state index in [1.54, 1.807) is 7.11 Å². The molecule has 1 nitrogen and oxygen atoms in total. The molecule has 0 amide bonds. The fourth-order valence-corrected chi connectivity index (χ4v) is 1.37. The third kappa shape index (κ3) is 2.84. The van der Waals surface area contributed by atoms with E-state index in [9.17, 15) is 0 Å². The molecule has 0 saturated heterocycles. The van der Waals surface area contributed by atoms with Gasteiger partial charge in [-0.1, -0.05) is 24.3 Å². The highest BCUT2D eigenvalue weighted by molar-refractivity contribution is 6.17. The first-order chi connectivity index (χ1) is 5.86. The van der Waals surface area contributed by atoms with Gasteiger partial charge in [0.2, 0.25) is 0 Å². The van der Waals surface area contributed by atoms with E-state index in [1.165, 1.54) is 11.1 Å². The van der Waals surface area contributed by atoms with E-state index >= 15 is 0 Å². The Labute approximate surface area is 78.3 Å². The van der Waals surface area contributed by atoms with Gasteiger partial charge in [0.1, 0.15) is 0 Å². The van der Waals surface area contributed by atoms with Gasteiger partial charge < -0.3 is 4.74 Å². The van der Waals surface area contributed by atoms with Crippen molar-refractivity contribution in [1.29, 1.82) is 0 Å². The molecule has 0 aliphatic rings. The van der Waals surface area contributed by atoms with Crippen LogP contribution < -0.4 is 0 Å². The fourth-order valence-electron chi connectivity index (χ4n) is 1.15. The SMILES string of the molecule is COCc1cccc(CCCl)c1. The minimum Gasteiger partial charge on any atom is -0.380 e. The quantitative estimate of drug-likeness (QED) is 0.654. The summed E-state index contributed by atoms with van der Waals surface area (Å²) >= 11 is 5.63. The van der Waals surface area contributed by atoms with Crippen molar-refractivity contribution in [3.63, 3.8) is 0 Å². The van der Waals surface area contributed by atoms with E-state index in [2.05, 4.69) is 18.2 Å². The number of alkyl halides is 1. The summed E-state index contributed by atoms with van der Waals surface area (Å²) in [5.74, 6) is 0.677. The molecular weight excluding hydrogens is 172 g/mol. The van der Waals surface area contributed by atoms with Crippen molar-refractivity contribution >= 4 is 11.6 Å². The van der Waals surface area contributed by atoms with Gasteiger partial charge in [-0.15, -0.1) is 11.6 Å². The number of aryl methyl sites for hydroxylation is 1. The molecule has 0 aromatic heterocycles. The average molecular weight is 185 g/mol. The number of methoxy groups -OCH3 is 1. The summed E-state index contributed by atoms with van der Waals surface area (Å²) in [7, 11) is 1.70. The van der Waals surface area contributed by atoms with Crippen molar-refractivity contribution < 1.29 is 4.74 Å². The summed E-state index contributed by atoms with van der Waals surface area (Å²) < 4.78 is 5.03. The maximum absolute atomic E-state index is 5.63. The molecule has 12 heavy (non-hydrogen) atoms. The molecule has 0 unspecified atom stereocenters. The highest BCUT2D eigenvalue weighted by atomic mass is 35.5. The molecule has 0 fully saturated rings. The van der Waals surface area contributed by atoms with Gasteiger partial charge >= 0.3 is 0 Å². The van der Waals surface area contributed by atoms with Crippen molar-refractivity contribution in [2.75, 3.05) is 13.0 Å². The second-order valence-electron chi connectivity index (χ2n) is 2.69. The lowest BCUT2D eigenvalue weighted by atomic mass is 10.1. The molecule has 0 radical (unpaired) electrons. The standard InChI is InChI=1S/C10H13ClO/c1-12-8-10-4-2-3-9(7-10)5-6-11/h2-4,7H,5-6,8H2,1H3. The van der Waals surface area contributed by atoms with Gasteiger partial charge in [-0.05, 0) is 17.5 Å². The van der Waals surface area contributed by atoms with Crippen LogP contribution in [0, 0.1) is 0 Å². The maximum atomic E-state index is 5.63. The summed E-state index contributed by atoms with van der Waals surface area (Å²) in [5, 5.41) is 0. The first kappa shape index (κ1) is 9.56. The lowest BCUT2D eigenvalue weighted by Crippen LogP contribution is -1.91. The Morgan fingerprint density at radius 2 is 2.08 bits per heavy atom. The minimum absolute atomic E-state index is 0.677. The van der Waals surface area contributed by atoms with E-state index < -0.39 is 0 Å². The second kappa shape index (κ2) is 5.18. The third-order valence-electron chi connectivity index (χ3n) is 1.69. The predicted octanol–water partition coefficient (Wildman–Crippen LogP) is 2.61. The number of rotatable bonds is 4. The van der Waals surface area contributed by atoms with Gasteiger partial charge in [0, 0.05) is 13.0 Å². The van der Waals surface area contributed by atoms with Crippen molar-refractivity contribution in [2.45, 2.75) is 13.0 Å². The molecule has 66 valence electrons. The van der Waals surface area contributed by atoms with E-state index in [0.29, 0.717) is 12.5 Å². The second-order valence-corrected chi connectivity index (χ2v) is 3.07. The van der Waals surface area contributed by atoms with Crippen LogP contribution in [0.5, 0.6) is 0 Å². The number of hydrogen-bond donors (Lipinski definition) is 0. The van der Waals surface area contributed by atoms with E-state index in [4.69, 9.17) is 16.3 Å². The summed E-state index contributed by atoms with van der Waals surface area (Å²) in [6.07, 6.45) is 0.930. The van der Waals surface area contributed by atoms with Crippen molar-refractivity contribution in [3.05, 3.63) is 35.4 Å². The van der Waals surface area contributed by atoms with Gasteiger partial charge in [-0.2, -0.15) is 0 Å². The molecule has 0 N–H and O–H groups in total. The van der Waals surface area contributed by atoms with Gasteiger partial charge in [0.25, 0.3) is 0 Å². The zero-order valence-electron chi connectivity index (χ0n) is 7.22. The molecule has 0 heterocycles. The Balaban J connectivity index is 2.67. The first-order valence-corrected chi connectivity index (χ1v) is 4.53. The average Bonchev–Trinajstić information content (AvgIpc) is 2.06. The van der Waals surface area contributed by atoms with Gasteiger partial charge in [-0.25, -0.2) is 0 Å². The minimum atomic E-state index is 0.677. The molecule has 1 aromatic rings. The van der Waals surface area contributed by atoms with Crippen LogP contribution >= 0.6 is 11.6 Å². The zero-order valence-corrected chi connectivity index (χ0v) is 7.97. The summed E-state index contributed by atoms with van der Waals surface area (Å²) in [4.78, 5) is 0. The van der Waals surface area contributed by atoms with Gasteiger partial charge in [0.15, 0.2) is 0 Å². The number of halogens is 1. The monoisotopic (exact) mass is 184 g/mol. The van der Waals surface area contributed by atoms with Crippen LogP contribution in [0.1, 0.15) is 11.1 Å². The maximum Gasteiger partial charge on any atom is 0.0713 e. The van der Waals surface area contributed by atoms with Crippen LogP contribution in [0.3, 0.4) is 0 Å². The summed E-state index contributed by atoms with van der Waals surface area (Å²) in [6, 6.07) is 8.31. The molecule has 0 saturated carbocycles. The molecule has 0 atom stereocenters. The number of benzene rings is 1. The van der Waals surface area contributed by atoms with Crippen LogP contribution in [-0.2, 0) is 17.8 Å². The van der Waals surface area contributed by atoms with E-state index in [0.717, 1.165) is 6.42 Å². The third-order valence-corrected chi connectivity index (χ3v) is 1.87. The molecule has 1 aromatic carbocycles. The first-order valence-electron chi connectivity index (χ1n) is 3.99. The van der Waals surface area contributed by atoms with Crippen molar-refractivity contribution in [3.8, 4) is 0 Å². The molecule has 0 aliphatic carbocycles. The molecule has 1 rings (SSSR count). The summed E-state index contributed by atoms with van der Waals surface area (Å²) in [5.41, 5.74) is 2.49. The highest BCUT2D eigenvalue weighted by Crippen LogP contribution is 2.07. The fraction of sp³-hybridized carbons (Fsp3) is 0.400. The van der Waals surface area contributed by atoms with Crippen LogP contribution in [0.15, 0.2) is 24.3 Å². The Bertz CT molecular complexity index is 214. The predicted molar refractivity (Wildman–Crippen MR) is 51.6 cm³/mol. The van der Waals surface area contributed by atoms with E-state index in [-0.39, 0.29) is 0 Å².